The highest BCUT2D eigenvalue weighted by Gasteiger charge is 2.30. The highest BCUT2D eigenvalue weighted by molar-refractivity contribution is 6.33. The lowest BCUT2D eigenvalue weighted by molar-refractivity contribution is 0.184. The SMILES string of the molecule is Cc1cc2nc(NC(=O)N3CCN(c4ncccc4Cl)CC3)[nH]c2cc1C.Cc1cc2nc(NC(=O)N3CCN(c4ncccc4Cl)C[C@H]3C)[nH]c2cc1C.Cc1ccc2nc(NC(=O)N3CCN(c4ncccc4Cl)CC3)[nH]c2c1. The quantitative estimate of drug-likeness (QED) is 0.0913. The number of anilines is 6. The van der Waals surface area contributed by atoms with Gasteiger partial charge in [-0.15, -0.1) is 0 Å². The molecule has 21 nitrogen and oxygen atoms in total. The minimum atomic E-state index is -0.160. The number of benzene rings is 3. The number of carbonyl (C=O) groups is 3. The molecule has 3 aliphatic heterocycles. The van der Waals surface area contributed by atoms with Crippen LogP contribution in [0.1, 0.15) is 34.7 Å². The zero-order valence-electron chi connectivity index (χ0n) is 45.8. The molecule has 0 saturated carbocycles. The van der Waals surface area contributed by atoms with E-state index in [9.17, 15) is 14.4 Å². The fourth-order valence-corrected chi connectivity index (χ4v) is 10.6. The molecule has 0 spiro atoms. The highest BCUT2D eigenvalue weighted by atomic mass is 35.5. The van der Waals surface area contributed by atoms with Gasteiger partial charge in [0.25, 0.3) is 0 Å². The predicted octanol–water partition coefficient (Wildman–Crippen LogP) is 10.8. The van der Waals surface area contributed by atoms with Gasteiger partial charge in [-0.1, -0.05) is 40.9 Å². The van der Waals surface area contributed by atoms with Gasteiger partial charge in [-0.2, -0.15) is 0 Å². The second kappa shape index (κ2) is 24.5. The molecule has 12 rings (SSSR count). The zero-order chi connectivity index (χ0) is 56.9. The molecule has 6 aromatic heterocycles. The molecule has 3 aliphatic rings. The van der Waals surface area contributed by atoms with Crippen molar-refractivity contribution in [2.75, 3.05) is 103 Å². The van der Waals surface area contributed by atoms with E-state index in [2.05, 4.69) is 103 Å². The number of imidazole rings is 3. The van der Waals surface area contributed by atoms with E-state index in [-0.39, 0.29) is 24.1 Å². The molecule has 9 heterocycles. The molecule has 24 heteroatoms. The number of fused-ring (bicyclic) bond motifs is 3. The first-order chi connectivity index (χ1) is 39.0. The number of nitrogens with zero attached hydrogens (tertiary/aromatic N) is 12. The van der Waals surface area contributed by atoms with E-state index in [0.717, 1.165) is 56.1 Å². The van der Waals surface area contributed by atoms with Crippen LogP contribution in [0.25, 0.3) is 33.1 Å². The maximum Gasteiger partial charge on any atom is 0.324 e. The summed E-state index contributed by atoms with van der Waals surface area (Å²) >= 11 is 18.7. The predicted molar refractivity (Wildman–Crippen MR) is 323 cm³/mol. The van der Waals surface area contributed by atoms with Gasteiger partial charge in [0.15, 0.2) is 0 Å². The van der Waals surface area contributed by atoms with Crippen LogP contribution >= 0.6 is 34.8 Å². The second-order valence-corrected chi connectivity index (χ2v) is 21.6. The van der Waals surface area contributed by atoms with Crippen molar-refractivity contribution < 1.29 is 14.4 Å². The number of piperazine rings is 3. The van der Waals surface area contributed by atoms with E-state index in [4.69, 9.17) is 34.8 Å². The molecule has 0 unspecified atom stereocenters. The summed E-state index contributed by atoms with van der Waals surface area (Å²) in [5, 5.41) is 10.5. The Morgan fingerprint density at radius 3 is 1.28 bits per heavy atom. The Kier molecular flexibility index (Phi) is 16.9. The summed E-state index contributed by atoms with van der Waals surface area (Å²) in [6.45, 7) is 19.3. The first-order valence-corrected chi connectivity index (χ1v) is 27.8. The third kappa shape index (κ3) is 13.1. The summed E-state index contributed by atoms with van der Waals surface area (Å²) in [4.78, 5) is 85.5. The fourth-order valence-electron chi connectivity index (χ4n) is 9.90. The Balaban J connectivity index is 0.000000136. The summed E-state index contributed by atoms with van der Waals surface area (Å²) in [5.74, 6) is 3.69. The average molecular weight is 1150 g/mol. The van der Waals surface area contributed by atoms with Crippen LogP contribution in [0.4, 0.5) is 49.7 Å². The third-order valence-electron chi connectivity index (χ3n) is 14.6. The molecule has 0 bridgehead atoms. The lowest BCUT2D eigenvalue weighted by Gasteiger charge is -2.40. The van der Waals surface area contributed by atoms with Gasteiger partial charge in [-0.05, 0) is 142 Å². The largest absolute Gasteiger partial charge is 0.352 e. The Morgan fingerprint density at radius 1 is 0.469 bits per heavy atom. The third-order valence-corrected chi connectivity index (χ3v) is 15.5. The maximum atomic E-state index is 12.8. The van der Waals surface area contributed by atoms with Gasteiger partial charge in [0.1, 0.15) is 17.5 Å². The molecular formula is C57H63Cl3N18O3. The van der Waals surface area contributed by atoms with E-state index >= 15 is 0 Å². The number of aryl methyl sites for hydroxylation is 5. The molecule has 3 aromatic carbocycles. The van der Waals surface area contributed by atoms with Crippen molar-refractivity contribution in [3.63, 3.8) is 0 Å². The number of hydrogen-bond donors (Lipinski definition) is 6. The standard InChI is InChI=1S/C20H23ClN6O.C19H21ClN6O.C18H19ClN6O/c1-12-9-16-17(10-13(12)2)24-19(23-16)25-20(28)27-8-7-26(11-14(27)3)18-15(21)5-4-6-22-18;1-12-10-15-16(11-13(12)2)23-18(22-15)24-19(27)26-8-6-25(7-9-26)17-14(20)4-3-5-21-17;1-12-4-5-14-15(11-12)22-17(21-14)23-18(26)25-9-7-24(8-10-25)16-13(19)3-2-6-20-16/h4-6,9-10,14H,7-8,11H2,1-3H3,(H2,23,24,25,28);3-5,10-11H,6-9H2,1-2H3,(H2,22,23,24,27);2-6,11H,7-10H2,1H3,(H2,21,22,23,26)/t14-;;/m1../s1. The van der Waals surface area contributed by atoms with Crippen LogP contribution in [-0.4, -0.2) is 156 Å². The van der Waals surface area contributed by atoms with Crippen LogP contribution in [0, 0.1) is 34.6 Å². The van der Waals surface area contributed by atoms with E-state index in [0.29, 0.717) is 105 Å². The van der Waals surface area contributed by atoms with Crippen LogP contribution in [0.5, 0.6) is 0 Å². The van der Waals surface area contributed by atoms with E-state index in [1.807, 2.05) is 97.6 Å². The van der Waals surface area contributed by atoms with Gasteiger partial charge in [0.05, 0.1) is 48.2 Å². The number of carbonyl (C=O) groups excluding carboxylic acids is 3. The monoisotopic (exact) mass is 1150 g/mol. The van der Waals surface area contributed by atoms with Crippen molar-refractivity contribution >= 4 is 121 Å². The first kappa shape index (κ1) is 55.9. The minimum Gasteiger partial charge on any atom is -0.352 e. The van der Waals surface area contributed by atoms with Crippen molar-refractivity contribution in [2.24, 2.45) is 0 Å². The Morgan fingerprint density at radius 2 is 0.852 bits per heavy atom. The molecule has 0 aliphatic carbocycles. The number of H-pyrrole nitrogens is 3. The van der Waals surface area contributed by atoms with Gasteiger partial charge in [-0.3, -0.25) is 16.0 Å². The maximum absolute atomic E-state index is 12.8. The van der Waals surface area contributed by atoms with Crippen molar-refractivity contribution in [3.05, 3.63) is 140 Å². The Bertz CT molecular complexity index is 3660. The number of halogens is 3. The fraction of sp³-hybridized carbons (Fsp3) is 0.316. The molecular weight excluding hydrogens is 1090 g/mol. The first-order valence-electron chi connectivity index (χ1n) is 26.7. The second-order valence-electron chi connectivity index (χ2n) is 20.3. The van der Waals surface area contributed by atoms with Gasteiger partial charge >= 0.3 is 18.1 Å². The van der Waals surface area contributed by atoms with Crippen LogP contribution in [0.15, 0.2) is 97.5 Å². The van der Waals surface area contributed by atoms with Crippen molar-refractivity contribution in [1.82, 2.24) is 59.6 Å². The lowest BCUT2D eigenvalue weighted by atomic mass is 10.1. The summed E-state index contributed by atoms with van der Waals surface area (Å²) in [6.07, 6.45) is 5.19. The molecule has 3 fully saturated rings. The molecule has 6 N–H and O–H groups in total. The molecule has 3 saturated heterocycles. The Hall–Kier alpha value is -8.40. The van der Waals surface area contributed by atoms with E-state index in [1.54, 1.807) is 28.4 Å². The van der Waals surface area contributed by atoms with Crippen molar-refractivity contribution in [3.8, 4) is 0 Å². The lowest BCUT2D eigenvalue weighted by Crippen LogP contribution is -2.55. The normalized spacial score (nSPS) is 15.5. The molecule has 81 heavy (non-hydrogen) atoms. The van der Waals surface area contributed by atoms with Gasteiger partial charge < -0.3 is 44.4 Å². The van der Waals surface area contributed by atoms with Crippen LogP contribution in [0.3, 0.4) is 0 Å². The highest BCUT2D eigenvalue weighted by Crippen LogP contribution is 2.28. The Labute approximate surface area is 483 Å². The van der Waals surface area contributed by atoms with E-state index in [1.165, 1.54) is 22.3 Å². The van der Waals surface area contributed by atoms with Crippen LogP contribution < -0.4 is 30.7 Å². The number of nitrogens with one attached hydrogen (secondary N) is 6. The number of aromatic amines is 3. The van der Waals surface area contributed by atoms with Crippen molar-refractivity contribution in [1.29, 1.82) is 0 Å². The number of hydrogen-bond acceptors (Lipinski definition) is 12. The smallest absolute Gasteiger partial charge is 0.324 e. The topological polar surface area (TPSA) is 231 Å². The molecule has 0 radical (unpaired) electrons. The summed E-state index contributed by atoms with van der Waals surface area (Å²) in [5.41, 5.74) is 11.2. The van der Waals surface area contributed by atoms with Crippen LogP contribution in [0.2, 0.25) is 15.1 Å². The van der Waals surface area contributed by atoms with E-state index < -0.39 is 0 Å². The molecule has 420 valence electrons. The summed E-state index contributed by atoms with van der Waals surface area (Å²) in [7, 11) is 0. The number of rotatable bonds is 6. The number of amides is 6. The molecule has 9 aromatic rings. The average Bonchev–Trinajstić information content (AvgIpc) is 4.31. The summed E-state index contributed by atoms with van der Waals surface area (Å²) in [6, 6.07) is 24.5. The van der Waals surface area contributed by atoms with Gasteiger partial charge in [0, 0.05) is 96.6 Å². The number of urea groups is 3. The minimum absolute atomic E-state index is 0.0145. The van der Waals surface area contributed by atoms with Gasteiger partial charge in [0.2, 0.25) is 17.8 Å². The number of aromatic nitrogens is 9. The molecule has 6 amide bonds. The zero-order valence-corrected chi connectivity index (χ0v) is 48.1. The molecule has 1 atom stereocenters. The summed E-state index contributed by atoms with van der Waals surface area (Å²) < 4.78 is 0. The van der Waals surface area contributed by atoms with Crippen molar-refractivity contribution in [2.45, 2.75) is 47.6 Å². The number of pyridine rings is 3. The van der Waals surface area contributed by atoms with Gasteiger partial charge in [-0.25, -0.2) is 44.3 Å². The van der Waals surface area contributed by atoms with Crippen LogP contribution in [-0.2, 0) is 0 Å².